The van der Waals surface area contributed by atoms with Crippen LogP contribution in [0.2, 0.25) is 0 Å². The Morgan fingerprint density at radius 1 is 0.544 bits per heavy atom. The van der Waals surface area contributed by atoms with Crippen molar-refractivity contribution < 1.29 is 44.2 Å². The smallest absolute Gasteiger partial charge is 0.306 e. The van der Waals surface area contributed by atoms with Crippen LogP contribution in [0.15, 0.2) is 12.2 Å². The normalized spacial score (nSPS) is 20.4. The summed E-state index contributed by atoms with van der Waals surface area (Å²) in [5, 5.41) is 40.1. The molecule has 0 aliphatic carbocycles. The molecule has 0 aromatic carbocycles. The third-order valence-electron chi connectivity index (χ3n) is 11.4. The molecule has 0 bridgehead atoms. The molecular formula is C48H92O9. The number of hydrogen-bond acceptors (Lipinski definition) is 9. The summed E-state index contributed by atoms with van der Waals surface area (Å²) in [5.74, 6) is -0.311. The molecule has 9 heteroatoms. The molecule has 6 unspecified atom stereocenters. The average Bonchev–Trinajstić information content (AvgIpc) is 3.21. The number of aliphatic hydroxyl groups is 4. The summed E-state index contributed by atoms with van der Waals surface area (Å²) in [6.45, 7) is 4.60. The van der Waals surface area contributed by atoms with Gasteiger partial charge in [-0.3, -0.25) is 4.79 Å². The lowest BCUT2D eigenvalue weighted by Crippen LogP contribution is -2.59. The predicted octanol–water partition coefficient (Wildman–Crippen LogP) is 11.2. The molecule has 6 atom stereocenters. The Labute approximate surface area is 350 Å². The molecule has 57 heavy (non-hydrogen) atoms. The third kappa shape index (κ3) is 31.5. The lowest BCUT2D eigenvalue weighted by atomic mass is 9.99. The van der Waals surface area contributed by atoms with Crippen LogP contribution in [-0.2, 0) is 23.7 Å². The largest absolute Gasteiger partial charge is 0.457 e. The maximum Gasteiger partial charge on any atom is 0.306 e. The first-order valence-electron chi connectivity index (χ1n) is 24.3. The maximum atomic E-state index is 12.8. The molecule has 0 amide bonds. The van der Waals surface area contributed by atoms with E-state index in [1.165, 1.54) is 173 Å². The summed E-state index contributed by atoms with van der Waals surface area (Å²) in [7, 11) is 0. The van der Waals surface area contributed by atoms with E-state index in [2.05, 4.69) is 26.0 Å². The molecule has 0 saturated carbocycles. The van der Waals surface area contributed by atoms with Gasteiger partial charge in [0.2, 0.25) is 0 Å². The van der Waals surface area contributed by atoms with Gasteiger partial charge in [0.15, 0.2) is 6.29 Å². The van der Waals surface area contributed by atoms with E-state index in [0.717, 1.165) is 32.1 Å². The Hall–Kier alpha value is -1.07. The molecule has 338 valence electrons. The Morgan fingerprint density at radius 2 is 0.965 bits per heavy atom. The molecular weight excluding hydrogens is 721 g/mol. The number of aliphatic hydroxyl groups excluding tert-OH is 4. The SMILES string of the molecule is CCCCCCCCCC/C=C\CCCCCCCCCCCC(=O)OC(COCCCCCCCCCCCCCCC)COC1OC(CO)C(O)C(O)C1O. The van der Waals surface area contributed by atoms with Crippen molar-refractivity contribution in [3.8, 4) is 0 Å². The minimum Gasteiger partial charge on any atom is -0.457 e. The molecule has 9 nitrogen and oxygen atoms in total. The van der Waals surface area contributed by atoms with E-state index in [4.69, 9.17) is 18.9 Å². The van der Waals surface area contributed by atoms with Gasteiger partial charge < -0.3 is 39.4 Å². The highest BCUT2D eigenvalue weighted by atomic mass is 16.7. The highest BCUT2D eigenvalue weighted by Crippen LogP contribution is 2.23. The second kappa shape index (κ2) is 40.3. The lowest BCUT2D eigenvalue weighted by Gasteiger charge is -2.39. The zero-order valence-corrected chi connectivity index (χ0v) is 37.1. The minimum absolute atomic E-state index is 0.109. The fraction of sp³-hybridized carbons (Fsp3) is 0.938. The van der Waals surface area contributed by atoms with Crippen LogP contribution in [0.3, 0.4) is 0 Å². The molecule has 1 aliphatic rings. The van der Waals surface area contributed by atoms with E-state index < -0.39 is 43.4 Å². The number of ether oxygens (including phenoxy) is 4. The van der Waals surface area contributed by atoms with Crippen LogP contribution in [-0.4, -0.2) is 89.6 Å². The molecule has 1 heterocycles. The van der Waals surface area contributed by atoms with E-state index in [0.29, 0.717) is 13.0 Å². The maximum absolute atomic E-state index is 12.8. The van der Waals surface area contributed by atoms with Gasteiger partial charge in [0.1, 0.15) is 30.5 Å². The van der Waals surface area contributed by atoms with E-state index in [1.807, 2.05) is 0 Å². The van der Waals surface area contributed by atoms with Gasteiger partial charge in [0.05, 0.1) is 19.8 Å². The van der Waals surface area contributed by atoms with Crippen LogP contribution < -0.4 is 0 Å². The van der Waals surface area contributed by atoms with Crippen LogP contribution in [0.5, 0.6) is 0 Å². The van der Waals surface area contributed by atoms with E-state index >= 15 is 0 Å². The highest BCUT2D eigenvalue weighted by Gasteiger charge is 2.44. The fourth-order valence-corrected chi connectivity index (χ4v) is 7.61. The van der Waals surface area contributed by atoms with Crippen molar-refractivity contribution in [2.24, 2.45) is 0 Å². The first-order valence-corrected chi connectivity index (χ1v) is 24.3. The molecule has 4 N–H and O–H groups in total. The van der Waals surface area contributed by atoms with Crippen LogP contribution in [0.4, 0.5) is 0 Å². The van der Waals surface area contributed by atoms with Gasteiger partial charge in [0, 0.05) is 13.0 Å². The van der Waals surface area contributed by atoms with Crippen molar-refractivity contribution in [2.45, 2.75) is 263 Å². The molecule has 1 aliphatic heterocycles. The summed E-state index contributed by atoms with van der Waals surface area (Å²) < 4.78 is 22.8. The monoisotopic (exact) mass is 813 g/mol. The zero-order valence-electron chi connectivity index (χ0n) is 37.1. The van der Waals surface area contributed by atoms with Crippen molar-refractivity contribution >= 4 is 5.97 Å². The van der Waals surface area contributed by atoms with E-state index in [-0.39, 0.29) is 19.2 Å². The summed E-state index contributed by atoms with van der Waals surface area (Å²) in [4.78, 5) is 12.8. The molecule has 1 rings (SSSR count). The Balaban J connectivity index is 2.20. The summed E-state index contributed by atoms with van der Waals surface area (Å²) in [6, 6.07) is 0. The molecule has 0 aromatic rings. The van der Waals surface area contributed by atoms with E-state index in [1.54, 1.807) is 0 Å². The summed E-state index contributed by atoms with van der Waals surface area (Å²) >= 11 is 0. The highest BCUT2D eigenvalue weighted by molar-refractivity contribution is 5.69. The van der Waals surface area contributed by atoms with Crippen molar-refractivity contribution in [3.63, 3.8) is 0 Å². The fourth-order valence-electron chi connectivity index (χ4n) is 7.61. The minimum atomic E-state index is -1.53. The third-order valence-corrected chi connectivity index (χ3v) is 11.4. The number of carbonyl (C=O) groups excluding carboxylic acids is 1. The summed E-state index contributed by atoms with van der Waals surface area (Å²) in [5.41, 5.74) is 0. The van der Waals surface area contributed by atoms with Gasteiger partial charge in [-0.1, -0.05) is 193 Å². The number of unbranched alkanes of at least 4 members (excludes halogenated alkanes) is 29. The Kier molecular flexibility index (Phi) is 38.2. The number of allylic oxidation sites excluding steroid dienone is 2. The van der Waals surface area contributed by atoms with Gasteiger partial charge in [-0.05, 0) is 38.5 Å². The number of rotatable bonds is 42. The first-order chi connectivity index (χ1) is 27.9. The van der Waals surface area contributed by atoms with Gasteiger partial charge in [-0.2, -0.15) is 0 Å². The molecule has 1 saturated heterocycles. The van der Waals surface area contributed by atoms with Crippen molar-refractivity contribution in [1.82, 2.24) is 0 Å². The second-order valence-electron chi connectivity index (χ2n) is 16.9. The zero-order chi connectivity index (χ0) is 41.4. The second-order valence-corrected chi connectivity index (χ2v) is 16.9. The van der Waals surface area contributed by atoms with Crippen molar-refractivity contribution in [2.75, 3.05) is 26.4 Å². The van der Waals surface area contributed by atoms with Gasteiger partial charge in [-0.15, -0.1) is 0 Å². The Morgan fingerprint density at radius 3 is 1.42 bits per heavy atom. The average molecular weight is 813 g/mol. The lowest BCUT2D eigenvalue weighted by molar-refractivity contribution is -0.305. The van der Waals surface area contributed by atoms with Crippen LogP contribution in [0.25, 0.3) is 0 Å². The topological polar surface area (TPSA) is 135 Å². The van der Waals surface area contributed by atoms with Crippen LogP contribution in [0, 0.1) is 0 Å². The standard InChI is InChI=1S/C48H92O9/c1-3-5-7-9-11-13-15-17-18-19-20-21-22-23-24-25-27-29-31-33-35-37-44(50)56-42(41-55-48-47(53)46(52)45(51)43(39-49)57-48)40-54-38-36-34-32-30-28-26-16-14-12-10-8-6-4-2/h19-20,42-43,45-49,51-53H,3-18,21-41H2,1-2H3/b20-19-. The molecule has 0 aromatic heterocycles. The Bertz CT molecular complexity index is 884. The first kappa shape index (κ1) is 53.9. The summed E-state index contributed by atoms with van der Waals surface area (Å²) in [6.07, 6.45) is 38.1. The predicted molar refractivity (Wildman–Crippen MR) is 233 cm³/mol. The van der Waals surface area contributed by atoms with E-state index in [9.17, 15) is 25.2 Å². The molecule has 1 fully saturated rings. The number of carbonyl (C=O) groups is 1. The van der Waals surface area contributed by atoms with Crippen LogP contribution in [0.1, 0.15) is 226 Å². The number of esters is 1. The van der Waals surface area contributed by atoms with Crippen molar-refractivity contribution in [1.29, 1.82) is 0 Å². The molecule has 0 spiro atoms. The van der Waals surface area contributed by atoms with Gasteiger partial charge in [-0.25, -0.2) is 0 Å². The van der Waals surface area contributed by atoms with Gasteiger partial charge >= 0.3 is 5.97 Å². The van der Waals surface area contributed by atoms with Crippen molar-refractivity contribution in [3.05, 3.63) is 12.2 Å². The van der Waals surface area contributed by atoms with Gasteiger partial charge in [0.25, 0.3) is 0 Å². The quantitative estimate of drug-likeness (QED) is 0.0270. The van der Waals surface area contributed by atoms with Crippen LogP contribution >= 0.6 is 0 Å². The molecule has 0 radical (unpaired) electrons. The number of hydrogen-bond donors (Lipinski definition) is 4.